The summed E-state index contributed by atoms with van der Waals surface area (Å²) in [5, 5.41) is 0.395. The van der Waals surface area contributed by atoms with Crippen LogP contribution in [0.1, 0.15) is 17.5 Å². The highest BCUT2D eigenvalue weighted by atomic mass is 35.5. The van der Waals surface area contributed by atoms with E-state index in [1.54, 1.807) is 12.1 Å². The molecule has 9 heteroatoms. The van der Waals surface area contributed by atoms with Crippen molar-refractivity contribution in [1.29, 1.82) is 0 Å². The van der Waals surface area contributed by atoms with Crippen molar-refractivity contribution in [3.05, 3.63) is 69.2 Å². The summed E-state index contributed by atoms with van der Waals surface area (Å²) in [6.45, 7) is -0.543. The highest BCUT2D eigenvalue weighted by molar-refractivity contribution is 6.31. The molecule has 0 N–H and O–H groups in total. The summed E-state index contributed by atoms with van der Waals surface area (Å²) < 4.78 is 50.0. The van der Waals surface area contributed by atoms with Crippen LogP contribution >= 0.6 is 11.6 Å². The minimum Gasteiger partial charge on any atom is -0.461 e. The zero-order valence-electron chi connectivity index (χ0n) is 13.8. The molecular weight excluding hydrogens is 387 g/mol. The summed E-state index contributed by atoms with van der Waals surface area (Å²) in [5.41, 5.74) is -0.259. The number of aryl methyl sites for hydroxylation is 1. The van der Waals surface area contributed by atoms with Gasteiger partial charge in [-0.2, -0.15) is 13.2 Å². The Morgan fingerprint density at radius 1 is 1.19 bits per heavy atom. The maximum Gasteiger partial charge on any atom is 0.419 e. The predicted octanol–water partition coefficient (Wildman–Crippen LogP) is 4.40. The number of rotatable bonds is 5. The Morgan fingerprint density at radius 3 is 2.67 bits per heavy atom. The average Bonchev–Trinajstić information content (AvgIpc) is 2.91. The second-order valence-corrected chi connectivity index (χ2v) is 6.13. The van der Waals surface area contributed by atoms with Crippen molar-refractivity contribution in [3.8, 4) is 0 Å². The lowest BCUT2D eigenvalue weighted by Gasteiger charge is -2.12. The number of benzene rings is 2. The summed E-state index contributed by atoms with van der Waals surface area (Å²) in [6.07, 6.45) is -4.74. The highest BCUT2D eigenvalue weighted by Crippen LogP contribution is 2.32. The molecule has 0 saturated carbocycles. The molecule has 0 fully saturated rings. The maximum absolute atomic E-state index is 12.9. The van der Waals surface area contributed by atoms with Gasteiger partial charge in [0.25, 0.3) is 0 Å². The zero-order valence-corrected chi connectivity index (χ0v) is 14.5. The van der Waals surface area contributed by atoms with E-state index >= 15 is 0 Å². The van der Waals surface area contributed by atoms with Crippen LogP contribution < -0.4 is 5.76 Å². The molecule has 5 nitrogen and oxygen atoms in total. The molecule has 1 aromatic heterocycles. The lowest BCUT2D eigenvalue weighted by atomic mass is 10.1. The lowest BCUT2D eigenvalue weighted by molar-refractivity contribution is -0.148. The van der Waals surface area contributed by atoms with Crippen LogP contribution in [0, 0.1) is 0 Å². The van der Waals surface area contributed by atoms with E-state index in [0.717, 1.165) is 6.07 Å². The maximum atomic E-state index is 12.9. The van der Waals surface area contributed by atoms with Gasteiger partial charge in [0.05, 0.1) is 17.5 Å². The van der Waals surface area contributed by atoms with E-state index in [-0.39, 0.29) is 24.1 Å². The van der Waals surface area contributed by atoms with Crippen molar-refractivity contribution in [2.24, 2.45) is 0 Å². The SMILES string of the molecule is O=C(CCn1c(=O)oc2cc(Cl)ccc21)OCc1ccccc1C(F)(F)F. The Bertz CT molecular complexity index is 1040. The fourth-order valence-corrected chi connectivity index (χ4v) is 2.77. The van der Waals surface area contributed by atoms with Gasteiger partial charge in [0.2, 0.25) is 0 Å². The van der Waals surface area contributed by atoms with E-state index in [9.17, 15) is 22.8 Å². The van der Waals surface area contributed by atoms with Gasteiger partial charge in [0, 0.05) is 23.2 Å². The molecule has 0 aliphatic rings. The number of carbonyl (C=O) groups is 1. The van der Waals surface area contributed by atoms with E-state index in [1.807, 2.05) is 0 Å². The summed E-state index contributed by atoms with van der Waals surface area (Å²) >= 11 is 5.83. The number of fused-ring (bicyclic) bond motifs is 1. The molecule has 0 spiro atoms. The van der Waals surface area contributed by atoms with Crippen LogP contribution in [0.3, 0.4) is 0 Å². The van der Waals surface area contributed by atoms with Crippen LogP contribution in [0.25, 0.3) is 11.1 Å². The number of oxazole rings is 1. The first kappa shape index (κ1) is 19.0. The summed E-state index contributed by atoms with van der Waals surface area (Å²) in [5.74, 6) is -1.40. The Morgan fingerprint density at radius 2 is 1.93 bits per heavy atom. The first-order chi connectivity index (χ1) is 12.8. The molecule has 142 valence electrons. The molecule has 3 aromatic rings. The second-order valence-electron chi connectivity index (χ2n) is 5.70. The first-order valence-corrected chi connectivity index (χ1v) is 8.23. The van der Waals surface area contributed by atoms with Crippen molar-refractivity contribution in [1.82, 2.24) is 4.57 Å². The number of hydrogen-bond donors (Lipinski definition) is 0. The van der Waals surface area contributed by atoms with Crippen molar-refractivity contribution in [2.75, 3.05) is 0 Å². The summed E-state index contributed by atoms with van der Waals surface area (Å²) in [4.78, 5) is 23.8. The van der Waals surface area contributed by atoms with Crippen molar-refractivity contribution in [3.63, 3.8) is 0 Å². The molecular formula is C18H13ClF3NO4. The topological polar surface area (TPSA) is 61.4 Å². The van der Waals surface area contributed by atoms with Gasteiger partial charge in [-0.05, 0) is 18.2 Å². The highest BCUT2D eigenvalue weighted by Gasteiger charge is 2.33. The van der Waals surface area contributed by atoms with Gasteiger partial charge >= 0.3 is 17.9 Å². The number of aromatic nitrogens is 1. The lowest BCUT2D eigenvalue weighted by Crippen LogP contribution is -2.18. The number of alkyl halides is 3. The third-order valence-electron chi connectivity index (χ3n) is 3.88. The minimum atomic E-state index is -4.53. The van der Waals surface area contributed by atoms with Crippen LogP contribution in [-0.4, -0.2) is 10.5 Å². The molecule has 2 aromatic carbocycles. The number of esters is 1. The Hall–Kier alpha value is -2.74. The Kier molecular flexibility index (Phi) is 5.27. The normalized spacial score (nSPS) is 11.7. The molecule has 0 atom stereocenters. The number of hydrogen-bond acceptors (Lipinski definition) is 4. The van der Waals surface area contributed by atoms with Gasteiger partial charge in [-0.1, -0.05) is 29.8 Å². The first-order valence-electron chi connectivity index (χ1n) is 7.85. The number of carbonyl (C=O) groups excluding carboxylic acids is 1. The van der Waals surface area contributed by atoms with Crippen molar-refractivity contribution >= 4 is 28.7 Å². The quantitative estimate of drug-likeness (QED) is 0.597. The summed E-state index contributed by atoms with van der Waals surface area (Å²) in [7, 11) is 0. The van der Waals surface area contributed by atoms with E-state index in [0.29, 0.717) is 10.5 Å². The van der Waals surface area contributed by atoms with Gasteiger partial charge in [-0.3, -0.25) is 9.36 Å². The smallest absolute Gasteiger partial charge is 0.419 e. The molecule has 0 aliphatic carbocycles. The van der Waals surface area contributed by atoms with Gasteiger partial charge in [0.15, 0.2) is 5.58 Å². The third-order valence-corrected chi connectivity index (χ3v) is 4.12. The van der Waals surface area contributed by atoms with Crippen LogP contribution in [0.4, 0.5) is 13.2 Å². The Balaban J connectivity index is 1.65. The number of halogens is 4. The standard InChI is InChI=1S/C18H13ClF3NO4/c19-12-5-6-14-15(9-12)27-17(25)23(14)8-7-16(24)26-10-11-3-1-2-4-13(11)18(20,21)22/h1-6,9H,7-8,10H2. The average molecular weight is 400 g/mol. The van der Waals surface area contributed by atoms with Crippen LogP contribution in [0.5, 0.6) is 0 Å². The van der Waals surface area contributed by atoms with E-state index in [1.165, 1.54) is 28.8 Å². The second kappa shape index (κ2) is 7.48. The van der Waals surface area contributed by atoms with E-state index in [4.69, 9.17) is 20.8 Å². The molecule has 0 aliphatic heterocycles. The van der Waals surface area contributed by atoms with E-state index < -0.39 is 30.1 Å². The molecule has 1 heterocycles. The number of nitrogens with zero attached hydrogens (tertiary/aromatic N) is 1. The monoisotopic (exact) mass is 399 g/mol. The summed E-state index contributed by atoms with van der Waals surface area (Å²) in [6, 6.07) is 9.48. The van der Waals surface area contributed by atoms with Gasteiger partial charge < -0.3 is 9.15 Å². The van der Waals surface area contributed by atoms with Gasteiger partial charge in [0.1, 0.15) is 6.61 Å². The number of ether oxygens (including phenoxy) is 1. The largest absolute Gasteiger partial charge is 0.461 e. The van der Waals surface area contributed by atoms with Crippen LogP contribution in [-0.2, 0) is 28.9 Å². The van der Waals surface area contributed by atoms with Crippen molar-refractivity contribution in [2.45, 2.75) is 25.7 Å². The fraction of sp³-hybridized carbons (Fsp3) is 0.222. The minimum absolute atomic E-state index is 0.0345. The predicted molar refractivity (Wildman–Crippen MR) is 91.3 cm³/mol. The van der Waals surface area contributed by atoms with Gasteiger partial charge in [-0.15, -0.1) is 0 Å². The fourth-order valence-electron chi connectivity index (χ4n) is 2.61. The third kappa shape index (κ3) is 4.33. The van der Waals surface area contributed by atoms with Gasteiger partial charge in [-0.25, -0.2) is 4.79 Å². The molecule has 27 heavy (non-hydrogen) atoms. The molecule has 0 unspecified atom stereocenters. The molecule has 0 radical (unpaired) electrons. The van der Waals surface area contributed by atoms with Crippen LogP contribution in [0.2, 0.25) is 5.02 Å². The molecule has 0 amide bonds. The van der Waals surface area contributed by atoms with Crippen molar-refractivity contribution < 1.29 is 27.1 Å². The zero-order chi connectivity index (χ0) is 19.6. The molecule has 3 rings (SSSR count). The molecule has 0 bridgehead atoms. The van der Waals surface area contributed by atoms with Crippen LogP contribution in [0.15, 0.2) is 51.7 Å². The van der Waals surface area contributed by atoms with E-state index in [2.05, 4.69) is 0 Å². The molecule has 0 saturated heterocycles. The Labute approximate surface area is 155 Å².